The van der Waals surface area contributed by atoms with Crippen LogP contribution in [0, 0.1) is 5.92 Å². The third-order valence-corrected chi connectivity index (χ3v) is 4.12. The second-order valence-electron chi connectivity index (χ2n) is 5.76. The van der Waals surface area contributed by atoms with Crippen molar-refractivity contribution < 1.29 is 9.90 Å². The number of carboxylic acid groups (broad SMARTS) is 1. The molecule has 1 fully saturated rings. The highest BCUT2D eigenvalue weighted by Gasteiger charge is 2.37. The minimum atomic E-state index is -0.775. The van der Waals surface area contributed by atoms with E-state index in [1.165, 1.54) is 12.8 Å². The van der Waals surface area contributed by atoms with E-state index in [0.29, 0.717) is 0 Å². The Hall–Kier alpha value is -0.610. The van der Waals surface area contributed by atoms with Gasteiger partial charge in [0, 0.05) is 12.1 Å². The monoisotopic (exact) mass is 242 g/mol. The van der Waals surface area contributed by atoms with Gasteiger partial charge in [0.25, 0.3) is 0 Å². The fourth-order valence-corrected chi connectivity index (χ4v) is 2.79. The van der Waals surface area contributed by atoms with Crippen LogP contribution in [0.25, 0.3) is 0 Å². The highest BCUT2D eigenvalue weighted by molar-refractivity contribution is 5.72. The Balaban J connectivity index is 2.62. The molecule has 0 spiro atoms. The van der Waals surface area contributed by atoms with E-state index in [2.05, 4.69) is 31.2 Å². The molecule has 1 saturated carbocycles. The molecule has 0 bridgehead atoms. The van der Waals surface area contributed by atoms with Crippen molar-refractivity contribution in [3.63, 3.8) is 0 Å². The fourth-order valence-electron chi connectivity index (χ4n) is 2.79. The SMILES string of the molecule is CC1CCCC(CNC(C)C(=O)O)(N(C)C)C1. The third-order valence-electron chi connectivity index (χ3n) is 4.12. The summed E-state index contributed by atoms with van der Waals surface area (Å²) in [4.78, 5) is 13.1. The Kier molecular flexibility index (Phi) is 4.95. The molecule has 1 aliphatic carbocycles. The molecule has 3 unspecified atom stereocenters. The molecule has 0 aromatic carbocycles. The average molecular weight is 242 g/mol. The highest BCUT2D eigenvalue weighted by atomic mass is 16.4. The van der Waals surface area contributed by atoms with Gasteiger partial charge in [-0.15, -0.1) is 0 Å². The summed E-state index contributed by atoms with van der Waals surface area (Å²) >= 11 is 0. The lowest BCUT2D eigenvalue weighted by molar-refractivity contribution is -0.139. The number of rotatable bonds is 5. The topological polar surface area (TPSA) is 52.6 Å². The number of nitrogens with zero attached hydrogens (tertiary/aromatic N) is 1. The largest absolute Gasteiger partial charge is 0.480 e. The summed E-state index contributed by atoms with van der Waals surface area (Å²) in [5, 5.41) is 12.1. The van der Waals surface area contributed by atoms with E-state index in [0.717, 1.165) is 25.3 Å². The molecule has 4 nitrogen and oxygen atoms in total. The van der Waals surface area contributed by atoms with Crippen LogP contribution in [0.1, 0.15) is 39.5 Å². The van der Waals surface area contributed by atoms with Gasteiger partial charge >= 0.3 is 5.97 Å². The molecule has 0 radical (unpaired) electrons. The zero-order chi connectivity index (χ0) is 13.1. The number of hydrogen-bond donors (Lipinski definition) is 2. The molecule has 0 heterocycles. The first kappa shape index (κ1) is 14.5. The molecule has 0 aromatic heterocycles. The van der Waals surface area contributed by atoms with Gasteiger partial charge in [0.2, 0.25) is 0 Å². The van der Waals surface area contributed by atoms with Crippen molar-refractivity contribution in [1.29, 1.82) is 0 Å². The maximum absolute atomic E-state index is 10.8. The lowest BCUT2D eigenvalue weighted by atomic mass is 9.75. The van der Waals surface area contributed by atoms with E-state index in [9.17, 15) is 4.79 Å². The highest BCUT2D eigenvalue weighted by Crippen LogP contribution is 2.35. The van der Waals surface area contributed by atoms with E-state index in [-0.39, 0.29) is 5.54 Å². The lowest BCUT2D eigenvalue weighted by Crippen LogP contribution is -2.56. The van der Waals surface area contributed by atoms with E-state index >= 15 is 0 Å². The quantitative estimate of drug-likeness (QED) is 0.768. The van der Waals surface area contributed by atoms with E-state index < -0.39 is 12.0 Å². The molecular weight excluding hydrogens is 216 g/mol. The minimum absolute atomic E-state index is 0.126. The Morgan fingerprint density at radius 3 is 2.71 bits per heavy atom. The normalized spacial score (nSPS) is 31.5. The van der Waals surface area contributed by atoms with Crippen LogP contribution in [0.4, 0.5) is 0 Å². The third kappa shape index (κ3) is 3.68. The maximum atomic E-state index is 10.8. The standard InChI is InChI=1S/C13H26N2O2/c1-10-6-5-7-13(8-10,15(3)4)9-14-11(2)12(16)17/h10-11,14H,5-9H2,1-4H3,(H,16,17). The molecule has 100 valence electrons. The average Bonchev–Trinajstić information content (AvgIpc) is 2.25. The number of hydrogen-bond acceptors (Lipinski definition) is 3. The number of carbonyl (C=O) groups is 1. The molecule has 4 heteroatoms. The van der Waals surface area contributed by atoms with Crippen LogP contribution in [-0.2, 0) is 4.79 Å². The van der Waals surface area contributed by atoms with Gasteiger partial charge in [-0.25, -0.2) is 0 Å². The van der Waals surface area contributed by atoms with Crippen molar-refractivity contribution in [2.24, 2.45) is 5.92 Å². The molecule has 0 aliphatic heterocycles. The van der Waals surface area contributed by atoms with Crippen LogP contribution in [-0.4, -0.2) is 48.2 Å². The minimum Gasteiger partial charge on any atom is -0.480 e. The smallest absolute Gasteiger partial charge is 0.320 e. The molecule has 17 heavy (non-hydrogen) atoms. The summed E-state index contributed by atoms with van der Waals surface area (Å²) in [6.45, 7) is 4.76. The lowest BCUT2D eigenvalue weighted by Gasteiger charge is -2.45. The Morgan fingerprint density at radius 1 is 1.59 bits per heavy atom. The van der Waals surface area contributed by atoms with Crippen molar-refractivity contribution in [2.45, 2.75) is 51.1 Å². The van der Waals surface area contributed by atoms with Gasteiger partial charge in [-0.05, 0) is 39.8 Å². The van der Waals surface area contributed by atoms with Gasteiger partial charge in [-0.2, -0.15) is 0 Å². The van der Waals surface area contributed by atoms with Gasteiger partial charge in [0.05, 0.1) is 0 Å². The zero-order valence-corrected chi connectivity index (χ0v) is 11.5. The predicted molar refractivity (Wildman–Crippen MR) is 69.2 cm³/mol. The Labute approximate surface area is 104 Å². The Bertz CT molecular complexity index is 268. The van der Waals surface area contributed by atoms with Crippen molar-refractivity contribution in [1.82, 2.24) is 10.2 Å². The van der Waals surface area contributed by atoms with Crippen LogP contribution in [0.2, 0.25) is 0 Å². The number of carboxylic acids is 1. The molecule has 0 aromatic rings. The number of nitrogens with one attached hydrogen (secondary N) is 1. The summed E-state index contributed by atoms with van der Waals surface area (Å²) in [5.74, 6) is -0.0455. The second-order valence-corrected chi connectivity index (χ2v) is 5.76. The maximum Gasteiger partial charge on any atom is 0.320 e. The van der Waals surface area contributed by atoms with Crippen LogP contribution in [0.5, 0.6) is 0 Å². The summed E-state index contributed by atoms with van der Waals surface area (Å²) in [6.07, 6.45) is 4.84. The van der Waals surface area contributed by atoms with Crippen molar-refractivity contribution in [3.8, 4) is 0 Å². The van der Waals surface area contributed by atoms with Gasteiger partial charge < -0.3 is 15.3 Å². The first-order valence-corrected chi connectivity index (χ1v) is 6.51. The molecular formula is C13H26N2O2. The predicted octanol–water partition coefficient (Wildman–Crippen LogP) is 1.56. The first-order valence-electron chi connectivity index (χ1n) is 6.51. The van der Waals surface area contributed by atoms with Crippen LogP contribution in [0.3, 0.4) is 0 Å². The molecule has 0 saturated heterocycles. The Morgan fingerprint density at radius 2 is 2.24 bits per heavy atom. The zero-order valence-electron chi connectivity index (χ0n) is 11.5. The number of aliphatic carboxylic acids is 1. The van der Waals surface area contributed by atoms with Crippen LogP contribution < -0.4 is 5.32 Å². The first-order chi connectivity index (χ1) is 7.87. The van der Waals surface area contributed by atoms with E-state index in [1.54, 1.807) is 6.92 Å². The van der Waals surface area contributed by atoms with Crippen LogP contribution in [0.15, 0.2) is 0 Å². The second kappa shape index (κ2) is 5.83. The van der Waals surface area contributed by atoms with Crippen LogP contribution >= 0.6 is 0 Å². The molecule has 0 amide bonds. The van der Waals surface area contributed by atoms with Gasteiger partial charge in [-0.3, -0.25) is 4.79 Å². The van der Waals surface area contributed by atoms with Crippen molar-refractivity contribution in [3.05, 3.63) is 0 Å². The number of likely N-dealkylation sites (N-methyl/N-ethyl adjacent to an activating group) is 1. The van der Waals surface area contributed by atoms with Gasteiger partial charge in [0.1, 0.15) is 6.04 Å². The van der Waals surface area contributed by atoms with Crippen molar-refractivity contribution in [2.75, 3.05) is 20.6 Å². The molecule has 1 aliphatic rings. The van der Waals surface area contributed by atoms with E-state index in [1.807, 2.05) is 0 Å². The fraction of sp³-hybridized carbons (Fsp3) is 0.923. The van der Waals surface area contributed by atoms with Crippen molar-refractivity contribution >= 4 is 5.97 Å². The molecule has 1 rings (SSSR count). The summed E-state index contributed by atoms with van der Waals surface area (Å²) in [7, 11) is 4.20. The molecule has 3 atom stereocenters. The summed E-state index contributed by atoms with van der Waals surface area (Å²) in [5.41, 5.74) is 0.126. The summed E-state index contributed by atoms with van der Waals surface area (Å²) < 4.78 is 0. The van der Waals surface area contributed by atoms with Gasteiger partial charge in [0.15, 0.2) is 0 Å². The summed E-state index contributed by atoms with van der Waals surface area (Å²) in [6, 6.07) is -0.468. The molecule has 2 N–H and O–H groups in total. The van der Waals surface area contributed by atoms with E-state index in [4.69, 9.17) is 5.11 Å². The van der Waals surface area contributed by atoms with Gasteiger partial charge in [-0.1, -0.05) is 19.8 Å².